The standard InChI is InChI=1S/C13H14N2O3/c1-2-18-11-5-3-10(4-6-11)12-7-15(9-14-12)8-13(16)17/h3-7,9H,2,8H2,1H3,(H,16,17). The summed E-state index contributed by atoms with van der Waals surface area (Å²) in [5.74, 6) is -0.0723. The Kier molecular flexibility index (Phi) is 3.62. The highest BCUT2D eigenvalue weighted by Gasteiger charge is 2.04. The highest BCUT2D eigenvalue weighted by molar-refractivity contribution is 5.67. The number of nitrogens with zero attached hydrogens (tertiary/aromatic N) is 2. The fraction of sp³-hybridized carbons (Fsp3) is 0.231. The summed E-state index contributed by atoms with van der Waals surface area (Å²) >= 11 is 0. The lowest BCUT2D eigenvalue weighted by atomic mass is 10.2. The Bertz CT molecular complexity index is 531. The molecule has 94 valence electrons. The SMILES string of the molecule is CCOc1ccc(-c2cn(CC(=O)O)cn2)cc1. The monoisotopic (exact) mass is 246 g/mol. The molecule has 0 atom stereocenters. The highest BCUT2D eigenvalue weighted by Crippen LogP contribution is 2.20. The molecule has 0 spiro atoms. The number of hydrogen-bond donors (Lipinski definition) is 1. The third-order valence-electron chi connectivity index (χ3n) is 2.41. The Morgan fingerprint density at radius 3 is 2.72 bits per heavy atom. The molecule has 0 saturated carbocycles. The third-order valence-corrected chi connectivity index (χ3v) is 2.41. The van der Waals surface area contributed by atoms with Gasteiger partial charge in [0.2, 0.25) is 0 Å². The molecule has 0 aliphatic rings. The van der Waals surface area contributed by atoms with Crippen molar-refractivity contribution in [2.75, 3.05) is 6.61 Å². The number of aromatic nitrogens is 2. The molecular weight excluding hydrogens is 232 g/mol. The van der Waals surface area contributed by atoms with Crippen molar-refractivity contribution >= 4 is 5.97 Å². The van der Waals surface area contributed by atoms with Crippen LogP contribution in [0.15, 0.2) is 36.8 Å². The molecule has 1 aromatic heterocycles. The van der Waals surface area contributed by atoms with E-state index >= 15 is 0 Å². The fourth-order valence-corrected chi connectivity index (χ4v) is 1.64. The highest BCUT2D eigenvalue weighted by atomic mass is 16.5. The molecule has 5 heteroatoms. The van der Waals surface area contributed by atoms with E-state index in [2.05, 4.69) is 4.98 Å². The smallest absolute Gasteiger partial charge is 0.323 e. The van der Waals surface area contributed by atoms with Gasteiger partial charge in [0, 0.05) is 11.8 Å². The summed E-state index contributed by atoms with van der Waals surface area (Å²) in [4.78, 5) is 14.7. The van der Waals surface area contributed by atoms with Crippen molar-refractivity contribution in [3.8, 4) is 17.0 Å². The number of carboxylic acid groups (broad SMARTS) is 1. The van der Waals surface area contributed by atoms with Crippen LogP contribution >= 0.6 is 0 Å². The number of hydrogen-bond acceptors (Lipinski definition) is 3. The molecule has 5 nitrogen and oxygen atoms in total. The van der Waals surface area contributed by atoms with E-state index in [0.717, 1.165) is 17.0 Å². The zero-order valence-electron chi connectivity index (χ0n) is 10.0. The van der Waals surface area contributed by atoms with Crippen LogP contribution in [-0.2, 0) is 11.3 Å². The minimum absolute atomic E-state index is 0.0793. The number of aliphatic carboxylic acids is 1. The van der Waals surface area contributed by atoms with Crippen molar-refractivity contribution in [1.29, 1.82) is 0 Å². The molecule has 1 N–H and O–H groups in total. The summed E-state index contributed by atoms with van der Waals surface area (Å²) in [6.07, 6.45) is 3.23. The van der Waals surface area contributed by atoms with Crippen LogP contribution in [-0.4, -0.2) is 27.2 Å². The van der Waals surface area contributed by atoms with Crippen LogP contribution in [0.4, 0.5) is 0 Å². The van der Waals surface area contributed by atoms with Gasteiger partial charge in [0.25, 0.3) is 0 Å². The maximum absolute atomic E-state index is 10.6. The molecule has 0 radical (unpaired) electrons. The molecule has 0 unspecified atom stereocenters. The average molecular weight is 246 g/mol. The molecule has 0 aliphatic carbocycles. The Hall–Kier alpha value is -2.30. The Morgan fingerprint density at radius 1 is 1.39 bits per heavy atom. The van der Waals surface area contributed by atoms with Crippen LogP contribution in [0.25, 0.3) is 11.3 Å². The second-order valence-corrected chi connectivity index (χ2v) is 3.78. The first-order valence-corrected chi connectivity index (χ1v) is 5.66. The minimum Gasteiger partial charge on any atom is -0.494 e. The van der Waals surface area contributed by atoms with Gasteiger partial charge < -0.3 is 14.4 Å². The van der Waals surface area contributed by atoms with Gasteiger partial charge in [-0.2, -0.15) is 0 Å². The van der Waals surface area contributed by atoms with Gasteiger partial charge in [0.05, 0.1) is 18.6 Å². The predicted molar refractivity (Wildman–Crippen MR) is 66.5 cm³/mol. The van der Waals surface area contributed by atoms with Crippen LogP contribution in [0.1, 0.15) is 6.92 Å². The van der Waals surface area contributed by atoms with Crippen LogP contribution in [0.2, 0.25) is 0 Å². The molecule has 0 bridgehead atoms. The van der Waals surface area contributed by atoms with Crippen LogP contribution < -0.4 is 4.74 Å². The summed E-state index contributed by atoms with van der Waals surface area (Å²) in [6.45, 7) is 2.48. The van der Waals surface area contributed by atoms with E-state index in [1.54, 1.807) is 6.20 Å². The molecule has 1 aromatic carbocycles. The zero-order chi connectivity index (χ0) is 13.0. The zero-order valence-corrected chi connectivity index (χ0v) is 10.0. The van der Waals surface area contributed by atoms with Crippen LogP contribution in [0.3, 0.4) is 0 Å². The average Bonchev–Trinajstić information content (AvgIpc) is 2.78. The summed E-state index contributed by atoms with van der Waals surface area (Å²) in [5, 5.41) is 8.68. The molecule has 0 aliphatic heterocycles. The summed E-state index contributed by atoms with van der Waals surface area (Å²) in [6, 6.07) is 7.54. The third kappa shape index (κ3) is 2.88. The molecule has 2 rings (SSSR count). The first kappa shape index (κ1) is 12.2. The summed E-state index contributed by atoms with van der Waals surface area (Å²) in [7, 11) is 0. The fourth-order valence-electron chi connectivity index (χ4n) is 1.64. The largest absolute Gasteiger partial charge is 0.494 e. The van der Waals surface area contributed by atoms with Gasteiger partial charge in [-0.1, -0.05) is 0 Å². The molecule has 0 saturated heterocycles. The number of carboxylic acids is 1. The summed E-state index contributed by atoms with van der Waals surface area (Å²) in [5.41, 5.74) is 1.68. The van der Waals surface area contributed by atoms with Crippen LogP contribution in [0.5, 0.6) is 5.75 Å². The quantitative estimate of drug-likeness (QED) is 0.876. The minimum atomic E-state index is -0.884. The van der Waals surface area contributed by atoms with E-state index < -0.39 is 5.97 Å². The van der Waals surface area contributed by atoms with Gasteiger partial charge in [0.15, 0.2) is 0 Å². The Morgan fingerprint density at radius 2 is 2.11 bits per heavy atom. The first-order chi connectivity index (χ1) is 8.69. The van der Waals surface area contributed by atoms with E-state index in [4.69, 9.17) is 9.84 Å². The van der Waals surface area contributed by atoms with Gasteiger partial charge in [-0.05, 0) is 31.2 Å². The number of ether oxygens (including phenoxy) is 1. The molecule has 0 amide bonds. The second-order valence-electron chi connectivity index (χ2n) is 3.78. The Labute approximate surface area is 105 Å². The number of carbonyl (C=O) groups is 1. The molecule has 1 heterocycles. The molecule has 0 fully saturated rings. The second kappa shape index (κ2) is 5.35. The van der Waals surface area contributed by atoms with Crippen molar-refractivity contribution in [2.45, 2.75) is 13.5 Å². The van der Waals surface area contributed by atoms with E-state index in [-0.39, 0.29) is 6.54 Å². The Balaban J connectivity index is 2.15. The van der Waals surface area contributed by atoms with Gasteiger partial charge in [-0.3, -0.25) is 4.79 Å². The van der Waals surface area contributed by atoms with Crippen molar-refractivity contribution in [1.82, 2.24) is 9.55 Å². The molecular formula is C13H14N2O3. The lowest BCUT2D eigenvalue weighted by Gasteiger charge is -2.03. The topological polar surface area (TPSA) is 64.3 Å². The van der Waals surface area contributed by atoms with Crippen molar-refractivity contribution in [2.24, 2.45) is 0 Å². The van der Waals surface area contributed by atoms with Gasteiger partial charge in [0.1, 0.15) is 12.3 Å². The van der Waals surface area contributed by atoms with Gasteiger partial charge >= 0.3 is 5.97 Å². The lowest BCUT2D eigenvalue weighted by Crippen LogP contribution is -2.06. The normalized spacial score (nSPS) is 10.3. The first-order valence-electron chi connectivity index (χ1n) is 5.66. The number of benzene rings is 1. The summed E-state index contributed by atoms with van der Waals surface area (Å²) < 4.78 is 6.89. The van der Waals surface area contributed by atoms with Gasteiger partial charge in [-0.25, -0.2) is 4.98 Å². The molecule has 18 heavy (non-hydrogen) atoms. The van der Waals surface area contributed by atoms with E-state index in [1.807, 2.05) is 31.2 Å². The van der Waals surface area contributed by atoms with Crippen molar-refractivity contribution < 1.29 is 14.6 Å². The number of imidazole rings is 1. The number of rotatable bonds is 5. The van der Waals surface area contributed by atoms with E-state index in [9.17, 15) is 4.79 Å². The van der Waals surface area contributed by atoms with E-state index in [1.165, 1.54) is 10.9 Å². The predicted octanol–water partition coefficient (Wildman–Crippen LogP) is 2.03. The maximum Gasteiger partial charge on any atom is 0.323 e. The van der Waals surface area contributed by atoms with Crippen molar-refractivity contribution in [3.63, 3.8) is 0 Å². The van der Waals surface area contributed by atoms with Crippen molar-refractivity contribution in [3.05, 3.63) is 36.8 Å². The maximum atomic E-state index is 10.6. The molecule has 2 aromatic rings. The van der Waals surface area contributed by atoms with Crippen LogP contribution in [0, 0.1) is 0 Å². The van der Waals surface area contributed by atoms with Gasteiger partial charge in [-0.15, -0.1) is 0 Å². The van der Waals surface area contributed by atoms with E-state index in [0.29, 0.717) is 6.61 Å². The lowest BCUT2D eigenvalue weighted by molar-refractivity contribution is -0.137.